The van der Waals surface area contributed by atoms with Crippen molar-refractivity contribution >= 4 is 46.8 Å². The van der Waals surface area contributed by atoms with E-state index in [1.807, 2.05) is 0 Å². The van der Waals surface area contributed by atoms with Gasteiger partial charge in [0, 0.05) is 62.3 Å². The molecule has 4 aromatic carbocycles. The summed E-state index contributed by atoms with van der Waals surface area (Å²) in [7, 11) is 11.9. The first-order chi connectivity index (χ1) is 31.3. The first-order valence-corrected chi connectivity index (χ1v) is 23.9. The van der Waals surface area contributed by atoms with Crippen LogP contribution in [0.1, 0.15) is 83.3 Å². The summed E-state index contributed by atoms with van der Waals surface area (Å²) in [6.07, 6.45) is 11.3. The number of fused-ring (bicyclic) bond motifs is 2. The summed E-state index contributed by atoms with van der Waals surface area (Å²) in [6, 6.07) is 30.5. The maximum absolute atomic E-state index is 5.90. The van der Waals surface area contributed by atoms with Gasteiger partial charge < -0.3 is 28.3 Å². The second-order valence-electron chi connectivity index (χ2n) is 18.9. The van der Waals surface area contributed by atoms with Crippen molar-refractivity contribution in [3.63, 3.8) is 0 Å². The van der Waals surface area contributed by atoms with E-state index < -0.39 is 0 Å². The van der Waals surface area contributed by atoms with Gasteiger partial charge >= 0.3 is 0 Å². The molecule has 0 unspecified atom stereocenters. The molecule has 360 valence electrons. The Bertz CT molecular complexity index is 2120. The molecule has 10 nitrogen and oxygen atoms in total. The molecule has 0 radical (unpaired) electrons. The highest BCUT2D eigenvalue weighted by atomic mass is 35.5. The molecule has 0 atom stereocenters. The summed E-state index contributed by atoms with van der Waals surface area (Å²) >= 11 is 0. The van der Waals surface area contributed by atoms with Crippen molar-refractivity contribution in [3.8, 4) is 0 Å². The van der Waals surface area contributed by atoms with Crippen LogP contribution < -0.4 is 0 Å². The van der Waals surface area contributed by atoms with Crippen LogP contribution in [0.25, 0.3) is 21.9 Å². The first kappa shape index (κ1) is 53.1. The largest absolute Gasteiger partial charge is 0.384 e. The molecule has 2 fully saturated rings. The molecule has 12 heteroatoms. The van der Waals surface area contributed by atoms with Crippen molar-refractivity contribution in [2.45, 2.75) is 90.4 Å². The minimum atomic E-state index is 0. The van der Waals surface area contributed by atoms with Crippen LogP contribution in [0.3, 0.4) is 0 Å². The molecule has 2 saturated heterocycles. The molecular formula is C54H76Cl2N6O4. The number of methoxy groups -OCH3 is 2. The van der Waals surface area contributed by atoms with Gasteiger partial charge in [-0.1, -0.05) is 83.1 Å². The lowest BCUT2D eigenvalue weighted by molar-refractivity contribution is 0.172. The molecule has 8 rings (SSSR count). The number of ether oxygens (including phenoxy) is 2. The fourth-order valence-electron chi connectivity index (χ4n) is 9.76. The Kier molecular flexibility index (Phi) is 21.9. The van der Waals surface area contributed by atoms with Crippen LogP contribution in [0.5, 0.6) is 0 Å². The fraction of sp³-hybridized carbons (Fsp3) is 0.519. The molecule has 0 aliphatic carbocycles. The van der Waals surface area contributed by atoms with E-state index in [2.05, 4.69) is 143 Å². The van der Waals surface area contributed by atoms with E-state index in [-0.39, 0.29) is 24.8 Å². The van der Waals surface area contributed by atoms with Crippen molar-refractivity contribution in [1.82, 2.24) is 29.9 Å². The van der Waals surface area contributed by atoms with Crippen LogP contribution in [-0.4, -0.2) is 112 Å². The third-order valence-electron chi connectivity index (χ3n) is 13.4. The number of hydrogen-bond donors (Lipinski definition) is 0. The first-order valence-electron chi connectivity index (χ1n) is 23.9. The predicted molar refractivity (Wildman–Crippen MR) is 274 cm³/mol. The lowest BCUT2D eigenvalue weighted by Gasteiger charge is -2.32. The molecule has 66 heavy (non-hydrogen) atoms. The van der Waals surface area contributed by atoms with Crippen molar-refractivity contribution in [2.75, 3.05) is 81.8 Å². The molecule has 2 aliphatic rings. The molecule has 2 aromatic heterocycles. The Balaban J connectivity index is 0.000000240. The van der Waals surface area contributed by atoms with Gasteiger partial charge in [0.15, 0.2) is 11.2 Å². The van der Waals surface area contributed by atoms with Crippen molar-refractivity contribution in [2.24, 2.45) is 11.8 Å². The van der Waals surface area contributed by atoms with Crippen molar-refractivity contribution in [1.29, 1.82) is 0 Å². The predicted octanol–water partition coefficient (Wildman–Crippen LogP) is 10.7. The highest BCUT2D eigenvalue weighted by molar-refractivity contribution is 5.86. The maximum atomic E-state index is 5.90. The summed E-state index contributed by atoms with van der Waals surface area (Å²) < 4.78 is 22.4. The standard InChI is InChI=1S/2C27H37N3O2.2ClH/c2*1-29(2)20-25-23(15-18-31-3)10-11-24-26(28-32-27(24)25)12-9-21-13-16-30(17-14-21)19-22-7-5-4-6-8-22;;/h2*4-8,10-11,21H,9,12-20H2,1-3H3;2*1H. The quantitative estimate of drug-likeness (QED) is 0.0738. The SMILES string of the molecule is COCCc1ccc2c(CCC3CCN(Cc4ccccc4)CC3)noc2c1CN(C)C.COCCc1ccc2c(CCC3CCN(Cc4ccccc4)CC3)noc2c1CN(C)C.Cl.Cl. The van der Waals surface area contributed by atoms with Crippen LogP contribution in [-0.2, 0) is 61.3 Å². The van der Waals surface area contributed by atoms with E-state index in [1.54, 1.807) is 14.2 Å². The highest BCUT2D eigenvalue weighted by Gasteiger charge is 2.24. The van der Waals surface area contributed by atoms with Crippen molar-refractivity contribution < 1.29 is 18.5 Å². The number of piperidine rings is 2. The van der Waals surface area contributed by atoms with E-state index in [0.29, 0.717) is 0 Å². The molecular weight excluding hydrogens is 868 g/mol. The number of aryl methyl sites for hydroxylation is 2. The smallest absolute Gasteiger partial charge is 0.171 e. The van der Waals surface area contributed by atoms with Crippen LogP contribution in [0.2, 0.25) is 0 Å². The van der Waals surface area contributed by atoms with Gasteiger partial charge in [-0.2, -0.15) is 0 Å². The Hall–Kier alpha value is -3.84. The maximum Gasteiger partial charge on any atom is 0.171 e. The van der Waals surface area contributed by atoms with E-state index in [4.69, 9.17) is 18.5 Å². The zero-order chi connectivity index (χ0) is 44.7. The molecule has 2 aliphatic heterocycles. The molecule has 0 N–H and O–H groups in total. The third kappa shape index (κ3) is 15.1. The number of benzene rings is 4. The third-order valence-corrected chi connectivity index (χ3v) is 13.4. The number of likely N-dealkylation sites (tertiary alicyclic amines) is 2. The molecule has 4 heterocycles. The van der Waals surface area contributed by atoms with Crippen LogP contribution in [0.4, 0.5) is 0 Å². The van der Waals surface area contributed by atoms with Gasteiger partial charge in [-0.05, 0) is 165 Å². The second-order valence-corrected chi connectivity index (χ2v) is 18.9. The van der Waals surface area contributed by atoms with Gasteiger partial charge in [-0.15, -0.1) is 24.8 Å². The number of aromatic nitrogens is 2. The number of hydrogen-bond acceptors (Lipinski definition) is 10. The molecule has 6 aromatic rings. The van der Waals surface area contributed by atoms with Crippen molar-refractivity contribution in [3.05, 3.63) is 130 Å². The zero-order valence-electron chi connectivity index (χ0n) is 40.5. The van der Waals surface area contributed by atoms with E-state index >= 15 is 0 Å². The topological polar surface area (TPSA) is 83.5 Å². The van der Waals surface area contributed by atoms with Gasteiger partial charge in [-0.25, -0.2) is 0 Å². The summed E-state index contributed by atoms with van der Waals surface area (Å²) in [5.41, 5.74) is 12.1. The minimum absolute atomic E-state index is 0. The van der Waals surface area contributed by atoms with Gasteiger partial charge in [0.1, 0.15) is 0 Å². The average molecular weight is 944 g/mol. The fourth-order valence-corrected chi connectivity index (χ4v) is 9.76. The molecule has 0 spiro atoms. The Morgan fingerprint density at radius 3 is 1.26 bits per heavy atom. The summed E-state index contributed by atoms with van der Waals surface area (Å²) in [6.45, 7) is 10.0. The minimum Gasteiger partial charge on any atom is -0.384 e. The molecule has 0 amide bonds. The summed E-state index contributed by atoms with van der Waals surface area (Å²) in [5, 5.41) is 11.4. The Morgan fingerprint density at radius 2 is 0.909 bits per heavy atom. The van der Waals surface area contributed by atoms with Crippen LogP contribution >= 0.6 is 24.8 Å². The van der Waals surface area contributed by atoms with Gasteiger partial charge in [0.25, 0.3) is 0 Å². The normalized spacial score (nSPS) is 15.3. The molecule has 0 bridgehead atoms. The Labute approximate surface area is 407 Å². The lowest BCUT2D eigenvalue weighted by atomic mass is 9.90. The lowest BCUT2D eigenvalue weighted by Crippen LogP contribution is -2.33. The van der Waals surface area contributed by atoms with E-state index in [1.165, 1.54) is 109 Å². The monoisotopic (exact) mass is 943 g/mol. The van der Waals surface area contributed by atoms with Gasteiger partial charge in [0.05, 0.1) is 24.6 Å². The highest BCUT2D eigenvalue weighted by Crippen LogP contribution is 2.32. The summed E-state index contributed by atoms with van der Waals surface area (Å²) in [4.78, 5) is 9.56. The van der Waals surface area contributed by atoms with Crippen LogP contribution in [0.15, 0.2) is 94.0 Å². The number of halogens is 2. The van der Waals surface area contributed by atoms with Crippen LogP contribution in [0, 0.1) is 11.8 Å². The zero-order valence-corrected chi connectivity index (χ0v) is 42.1. The van der Waals surface area contributed by atoms with Gasteiger partial charge in [0.2, 0.25) is 0 Å². The summed E-state index contributed by atoms with van der Waals surface area (Å²) in [5.74, 6) is 1.55. The molecule has 0 saturated carbocycles. The van der Waals surface area contributed by atoms with E-state index in [9.17, 15) is 0 Å². The van der Waals surface area contributed by atoms with E-state index in [0.717, 1.165) is 99.5 Å². The number of rotatable bonds is 20. The second kappa shape index (κ2) is 27.2. The Morgan fingerprint density at radius 1 is 0.530 bits per heavy atom. The number of nitrogens with zero attached hydrogens (tertiary/aromatic N) is 6. The average Bonchev–Trinajstić information content (AvgIpc) is 3.93. The van der Waals surface area contributed by atoms with Gasteiger partial charge in [-0.3, -0.25) is 9.80 Å².